The van der Waals surface area contributed by atoms with E-state index in [1.807, 2.05) is 18.7 Å². The van der Waals surface area contributed by atoms with Crippen molar-refractivity contribution < 1.29 is 4.79 Å². The number of carbonyl (C=O) groups excluding carboxylic acids is 1. The summed E-state index contributed by atoms with van der Waals surface area (Å²) in [6, 6.07) is 2.06. The van der Waals surface area contributed by atoms with Gasteiger partial charge in [0.2, 0.25) is 0 Å². The third-order valence-corrected chi connectivity index (χ3v) is 4.96. The maximum atomic E-state index is 11.8. The van der Waals surface area contributed by atoms with Gasteiger partial charge in [0.05, 0.1) is 4.88 Å². The average molecular weight is 320 g/mol. The number of nitrogens with one attached hydrogen (secondary N) is 1. The summed E-state index contributed by atoms with van der Waals surface area (Å²) in [5.41, 5.74) is 1.36. The molecule has 2 heterocycles. The second-order valence-corrected chi connectivity index (χ2v) is 7.66. The van der Waals surface area contributed by atoms with Crippen molar-refractivity contribution in [2.75, 3.05) is 12.3 Å². The fourth-order valence-electron chi connectivity index (χ4n) is 1.58. The van der Waals surface area contributed by atoms with Gasteiger partial charge in [-0.1, -0.05) is 22.9 Å². The molecule has 0 fully saturated rings. The Balaban J connectivity index is 2.03. The van der Waals surface area contributed by atoms with E-state index in [1.54, 1.807) is 11.3 Å². The normalized spacial score (nSPS) is 16.6. The lowest BCUT2D eigenvalue weighted by molar-refractivity contribution is 0.0958. The van der Waals surface area contributed by atoms with Crippen molar-refractivity contribution in [3.8, 4) is 0 Å². The van der Waals surface area contributed by atoms with Crippen LogP contribution < -0.4 is 5.32 Å². The summed E-state index contributed by atoms with van der Waals surface area (Å²) in [5, 5.41) is 2.93. The number of thioether (sulfide) groups is 1. The molecule has 88 valence electrons. The first-order valence-corrected chi connectivity index (χ1v) is 8.17. The number of alkyl halides is 1. The molecule has 1 N–H and O–H groups in total. The Kier molecular flexibility index (Phi) is 4.33. The van der Waals surface area contributed by atoms with Crippen molar-refractivity contribution >= 4 is 44.9 Å². The molecule has 1 aromatic heterocycles. The molecule has 2 nitrogen and oxygen atoms in total. The molecule has 0 bridgehead atoms. The molecule has 0 saturated heterocycles. The minimum Gasteiger partial charge on any atom is -0.350 e. The molecule has 0 spiro atoms. The van der Waals surface area contributed by atoms with E-state index in [4.69, 9.17) is 0 Å². The summed E-state index contributed by atoms with van der Waals surface area (Å²) in [6.07, 6.45) is 1.12. The number of hydrogen-bond donors (Lipinski definition) is 1. The maximum Gasteiger partial charge on any atom is 0.261 e. The molecule has 5 heteroatoms. The Morgan fingerprint density at radius 1 is 1.69 bits per heavy atom. The summed E-state index contributed by atoms with van der Waals surface area (Å²) >= 11 is 7.02. The highest BCUT2D eigenvalue weighted by molar-refractivity contribution is 9.09. The number of amides is 1. The van der Waals surface area contributed by atoms with Gasteiger partial charge in [-0.3, -0.25) is 4.79 Å². The predicted octanol–water partition coefficient (Wildman–Crippen LogP) is 3.05. The summed E-state index contributed by atoms with van der Waals surface area (Å²) < 4.78 is 0. The third-order valence-electron chi connectivity index (χ3n) is 2.40. The lowest BCUT2D eigenvalue weighted by atomic mass is 10.2. The van der Waals surface area contributed by atoms with Crippen LogP contribution in [0.5, 0.6) is 0 Å². The minimum absolute atomic E-state index is 0.0655. The summed E-state index contributed by atoms with van der Waals surface area (Å²) in [7, 11) is 0. The molecule has 0 aliphatic carbocycles. The predicted molar refractivity (Wildman–Crippen MR) is 74.9 cm³/mol. The topological polar surface area (TPSA) is 29.1 Å². The van der Waals surface area contributed by atoms with Crippen molar-refractivity contribution in [2.45, 2.75) is 23.9 Å². The molecule has 1 aromatic rings. The average Bonchev–Trinajstić information content (AvgIpc) is 2.69. The number of carbonyl (C=O) groups is 1. The van der Waals surface area contributed by atoms with Gasteiger partial charge in [-0.25, -0.2) is 0 Å². The van der Waals surface area contributed by atoms with Crippen LogP contribution in [-0.4, -0.2) is 23.0 Å². The van der Waals surface area contributed by atoms with Crippen LogP contribution in [0.15, 0.2) is 6.07 Å². The Hall–Kier alpha value is -0.000000000000000111. The second-order valence-electron chi connectivity index (χ2n) is 3.85. The Bertz CT molecular complexity index is 366. The number of thiophene rings is 1. The fourth-order valence-corrected chi connectivity index (χ4v) is 4.03. The molecule has 16 heavy (non-hydrogen) atoms. The van der Waals surface area contributed by atoms with Crippen LogP contribution in [0.4, 0.5) is 0 Å². The first kappa shape index (κ1) is 12.5. The maximum absolute atomic E-state index is 11.8. The van der Waals surface area contributed by atoms with Crippen LogP contribution in [0.2, 0.25) is 0 Å². The molecule has 0 aromatic carbocycles. The van der Waals surface area contributed by atoms with Gasteiger partial charge in [0.15, 0.2) is 0 Å². The van der Waals surface area contributed by atoms with Gasteiger partial charge in [-0.2, -0.15) is 11.8 Å². The van der Waals surface area contributed by atoms with E-state index in [2.05, 4.69) is 27.3 Å². The number of rotatable bonds is 3. The molecule has 1 atom stereocenters. The molecule has 1 unspecified atom stereocenters. The number of aryl methyl sites for hydroxylation is 1. The smallest absolute Gasteiger partial charge is 0.261 e. The molecule has 1 aliphatic rings. The second kappa shape index (κ2) is 5.56. The molecular formula is C11H14BrNOS2. The van der Waals surface area contributed by atoms with E-state index in [0.29, 0.717) is 11.4 Å². The van der Waals surface area contributed by atoms with Crippen molar-refractivity contribution in [1.82, 2.24) is 5.32 Å². The van der Waals surface area contributed by atoms with Crippen molar-refractivity contribution in [1.29, 1.82) is 0 Å². The Morgan fingerprint density at radius 2 is 2.50 bits per heavy atom. The molecule has 1 aliphatic heterocycles. The Morgan fingerprint density at radius 3 is 3.19 bits per heavy atom. The van der Waals surface area contributed by atoms with Gasteiger partial charge in [-0.05, 0) is 23.8 Å². The van der Waals surface area contributed by atoms with Gasteiger partial charge in [0.1, 0.15) is 0 Å². The highest BCUT2D eigenvalue weighted by Gasteiger charge is 2.17. The van der Waals surface area contributed by atoms with Crippen LogP contribution in [0, 0.1) is 0 Å². The van der Waals surface area contributed by atoms with Crippen LogP contribution in [0.3, 0.4) is 0 Å². The highest BCUT2D eigenvalue weighted by atomic mass is 79.9. The lowest BCUT2D eigenvalue weighted by Gasteiger charge is -2.08. The molecule has 0 saturated carbocycles. The summed E-state index contributed by atoms with van der Waals surface area (Å²) in [4.78, 5) is 14.4. The van der Waals surface area contributed by atoms with Crippen molar-refractivity contribution in [3.63, 3.8) is 0 Å². The van der Waals surface area contributed by atoms with Crippen molar-refractivity contribution in [2.24, 2.45) is 0 Å². The van der Waals surface area contributed by atoms with Gasteiger partial charge >= 0.3 is 0 Å². The fraction of sp³-hybridized carbons (Fsp3) is 0.545. The Labute approximate surface area is 112 Å². The summed E-state index contributed by atoms with van der Waals surface area (Å²) in [6.45, 7) is 2.70. The van der Waals surface area contributed by atoms with Gasteiger partial charge in [-0.15, -0.1) is 11.3 Å². The molecule has 0 radical (unpaired) electrons. The van der Waals surface area contributed by atoms with Gasteiger partial charge < -0.3 is 5.32 Å². The number of hydrogen-bond acceptors (Lipinski definition) is 3. The van der Waals surface area contributed by atoms with Crippen LogP contribution in [0.25, 0.3) is 0 Å². The van der Waals surface area contributed by atoms with Gasteiger partial charge in [0, 0.05) is 22.0 Å². The zero-order valence-electron chi connectivity index (χ0n) is 9.09. The van der Waals surface area contributed by atoms with E-state index < -0.39 is 0 Å². The van der Waals surface area contributed by atoms with Crippen molar-refractivity contribution in [3.05, 3.63) is 21.4 Å². The third kappa shape index (κ3) is 3.02. The van der Waals surface area contributed by atoms with E-state index in [1.165, 1.54) is 16.2 Å². The molecule has 2 rings (SSSR count). The van der Waals surface area contributed by atoms with Gasteiger partial charge in [0.25, 0.3) is 5.91 Å². The number of halogens is 1. The van der Waals surface area contributed by atoms with E-state index in [0.717, 1.165) is 17.1 Å². The quantitative estimate of drug-likeness (QED) is 0.868. The largest absolute Gasteiger partial charge is 0.350 e. The lowest BCUT2D eigenvalue weighted by Crippen LogP contribution is -2.27. The van der Waals surface area contributed by atoms with E-state index in [9.17, 15) is 4.79 Å². The van der Waals surface area contributed by atoms with Crippen LogP contribution >= 0.6 is 39.0 Å². The SMILES string of the molecule is CC(Br)CNC(=O)c1cc2c(s1)CCSC2. The number of fused-ring (bicyclic) bond motifs is 1. The van der Waals surface area contributed by atoms with Crippen LogP contribution in [0.1, 0.15) is 27.0 Å². The zero-order valence-corrected chi connectivity index (χ0v) is 12.3. The minimum atomic E-state index is 0.0655. The monoisotopic (exact) mass is 319 g/mol. The first-order valence-electron chi connectivity index (χ1n) is 5.28. The standard InChI is InChI=1S/C11H14BrNOS2/c1-7(12)5-13-11(14)10-4-8-6-15-3-2-9(8)16-10/h4,7H,2-3,5-6H2,1H3,(H,13,14). The van der Waals surface area contributed by atoms with E-state index in [-0.39, 0.29) is 5.91 Å². The first-order chi connectivity index (χ1) is 7.66. The molecule has 1 amide bonds. The molecular weight excluding hydrogens is 306 g/mol. The summed E-state index contributed by atoms with van der Waals surface area (Å²) in [5.74, 6) is 2.32. The van der Waals surface area contributed by atoms with Crippen LogP contribution in [-0.2, 0) is 12.2 Å². The highest BCUT2D eigenvalue weighted by Crippen LogP contribution is 2.31. The zero-order chi connectivity index (χ0) is 11.5. The van der Waals surface area contributed by atoms with E-state index >= 15 is 0 Å².